The molecule has 0 aliphatic carbocycles. The monoisotopic (exact) mass is 322 g/mol. The van der Waals surface area contributed by atoms with Gasteiger partial charge in [-0.2, -0.15) is 0 Å². The average molecular weight is 322 g/mol. The van der Waals surface area contributed by atoms with E-state index in [4.69, 9.17) is 4.74 Å². The third kappa shape index (κ3) is 3.82. The van der Waals surface area contributed by atoms with Crippen molar-refractivity contribution >= 4 is 0 Å². The number of allylic oxidation sites excluding steroid dienone is 1. The molecule has 0 fully saturated rings. The minimum atomic E-state index is -0.979. The molecule has 0 bridgehead atoms. The predicted octanol–water partition coefficient (Wildman–Crippen LogP) is 1.22. The van der Waals surface area contributed by atoms with Crippen LogP contribution in [0.5, 0.6) is 0 Å². The summed E-state index contributed by atoms with van der Waals surface area (Å²) in [5.74, 6) is -0.355. The van der Waals surface area contributed by atoms with Crippen LogP contribution in [0.15, 0.2) is 103 Å². The molecule has 0 spiro atoms. The van der Waals surface area contributed by atoms with Crippen LogP contribution < -0.4 is 24.0 Å². The molecule has 0 aromatic heterocycles. The van der Waals surface area contributed by atoms with Gasteiger partial charge in [0.05, 0.1) is 5.60 Å². The van der Waals surface area contributed by atoms with Crippen LogP contribution in [0.25, 0.3) is 0 Å². The topological polar surface area (TPSA) is 32.3 Å². The van der Waals surface area contributed by atoms with Crippen LogP contribution in [0.4, 0.5) is 0 Å². The molecular weight excluding hydrogens is 303 g/mol. The third-order valence-corrected chi connectivity index (χ3v) is 4.03. The van der Waals surface area contributed by atoms with Gasteiger partial charge >= 0.3 is 18.9 Å². The molecule has 2 nitrogen and oxygen atoms in total. The Balaban J connectivity index is 0.00000225. The Morgan fingerprint density at radius 1 is 0.720 bits per heavy atom. The van der Waals surface area contributed by atoms with Gasteiger partial charge in [0.25, 0.3) is 0 Å². The molecule has 0 heterocycles. The second kappa shape index (κ2) is 8.62. The van der Waals surface area contributed by atoms with Crippen molar-refractivity contribution in [1.82, 2.24) is 0 Å². The summed E-state index contributed by atoms with van der Waals surface area (Å²) in [6.45, 7) is 1.69. The molecule has 0 radical (unpaired) electrons. The molecule has 0 aliphatic rings. The molecule has 3 heteroatoms. The molecule has 25 heavy (non-hydrogen) atoms. The Labute approximate surface area is 161 Å². The predicted molar refractivity (Wildman–Crippen MR) is 94.1 cm³/mol. The summed E-state index contributed by atoms with van der Waals surface area (Å²) in [6, 6.07) is 29.6. The first-order valence-electron chi connectivity index (χ1n) is 7.96. The van der Waals surface area contributed by atoms with E-state index < -0.39 is 5.60 Å². The fourth-order valence-corrected chi connectivity index (χ4v) is 2.91. The van der Waals surface area contributed by atoms with E-state index in [9.17, 15) is 5.11 Å². The first-order chi connectivity index (χ1) is 11.8. The molecule has 0 aliphatic heterocycles. The molecule has 3 aromatic rings. The quantitative estimate of drug-likeness (QED) is 0.402. The number of ether oxygens (including phenoxy) is 1. The van der Waals surface area contributed by atoms with Crippen LogP contribution in [0.2, 0.25) is 0 Å². The zero-order chi connectivity index (χ0) is 16.8. The van der Waals surface area contributed by atoms with E-state index in [1.54, 1.807) is 6.92 Å². The summed E-state index contributed by atoms with van der Waals surface area (Å²) < 4.78 is 6.05. The standard InChI is InChI=1S/C22H20O2.Li/c1-2-21(23)24-22(18-12-6-3-7-13-18,19-14-8-4-9-15-19)20-16-10-5-11-17-20;/h2-17,23H,1H3;/q;+1/p-1/b21-2+;. The van der Waals surface area contributed by atoms with Crippen molar-refractivity contribution in [3.63, 3.8) is 0 Å². The Morgan fingerprint density at radius 3 is 1.32 bits per heavy atom. The van der Waals surface area contributed by atoms with E-state index in [0.717, 1.165) is 16.7 Å². The SMILES string of the molecule is C/C=C(\[O-])OC(c1ccccc1)(c1ccccc1)c1ccccc1.[Li+]. The van der Waals surface area contributed by atoms with Gasteiger partial charge in [0.15, 0.2) is 0 Å². The van der Waals surface area contributed by atoms with E-state index in [1.165, 1.54) is 6.08 Å². The molecule has 0 saturated heterocycles. The van der Waals surface area contributed by atoms with Crippen LogP contribution in [-0.2, 0) is 10.3 Å². The van der Waals surface area contributed by atoms with Gasteiger partial charge in [-0.15, -0.1) is 0 Å². The number of hydrogen-bond donors (Lipinski definition) is 0. The summed E-state index contributed by atoms with van der Waals surface area (Å²) >= 11 is 0. The molecule has 0 amide bonds. The Kier molecular flexibility index (Phi) is 6.53. The van der Waals surface area contributed by atoms with Crippen molar-refractivity contribution in [3.8, 4) is 0 Å². The fraction of sp³-hybridized carbons (Fsp3) is 0.0909. The summed E-state index contributed by atoms with van der Waals surface area (Å²) in [6.07, 6.45) is 1.45. The van der Waals surface area contributed by atoms with Gasteiger partial charge in [0.1, 0.15) is 0 Å². The largest absolute Gasteiger partial charge is 1.00 e. The van der Waals surface area contributed by atoms with Gasteiger partial charge in [-0.3, -0.25) is 0 Å². The number of hydrogen-bond acceptors (Lipinski definition) is 2. The van der Waals surface area contributed by atoms with Crippen molar-refractivity contribution < 1.29 is 28.7 Å². The van der Waals surface area contributed by atoms with Gasteiger partial charge in [-0.25, -0.2) is 0 Å². The molecule has 120 valence electrons. The van der Waals surface area contributed by atoms with Crippen molar-refractivity contribution in [2.75, 3.05) is 0 Å². The van der Waals surface area contributed by atoms with E-state index in [2.05, 4.69) is 0 Å². The molecule has 3 aromatic carbocycles. The first-order valence-corrected chi connectivity index (χ1v) is 7.96. The zero-order valence-electron chi connectivity index (χ0n) is 14.6. The molecule has 0 saturated carbocycles. The van der Waals surface area contributed by atoms with Crippen molar-refractivity contribution in [2.45, 2.75) is 12.5 Å². The third-order valence-electron chi connectivity index (χ3n) is 4.03. The molecule has 3 rings (SSSR count). The molecular formula is C22H19LiO2. The van der Waals surface area contributed by atoms with E-state index >= 15 is 0 Å². The van der Waals surface area contributed by atoms with E-state index in [1.807, 2.05) is 91.0 Å². The Morgan fingerprint density at radius 2 is 1.04 bits per heavy atom. The van der Waals surface area contributed by atoms with Crippen molar-refractivity contribution in [3.05, 3.63) is 120 Å². The van der Waals surface area contributed by atoms with Crippen molar-refractivity contribution in [2.24, 2.45) is 0 Å². The van der Waals surface area contributed by atoms with Gasteiger partial charge < -0.3 is 9.84 Å². The van der Waals surface area contributed by atoms with Crippen LogP contribution in [-0.4, -0.2) is 0 Å². The summed E-state index contributed by atoms with van der Waals surface area (Å²) in [5.41, 5.74) is 1.76. The van der Waals surface area contributed by atoms with Gasteiger partial charge in [-0.1, -0.05) is 97.1 Å². The minimum absolute atomic E-state index is 0. The maximum absolute atomic E-state index is 12.3. The average Bonchev–Trinajstić information content (AvgIpc) is 2.68. The number of rotatable bonds is 5. The summed E-state index contributed by atoms with van der Waals surface area (Å²) in [4.78, 5) is 0. The minimum Gasteiger partial charge on any atom is -0.593 e. The van der Waals surface area contributed by atoms with E-state index in [-0.39, 0.29) is 24.8 Å². The number of benzene rings is 3. The van der Waals surface area contributed by atoms with Gasteiger partial charge in [0, 0.05) is 5.95 Å². The van der Waals surface area contributed by atoms with Crippen LogP contribution in [0.1, 0.15) is 23.6 Å². The second-order valence-corrected chi connectivity index (χ2v) is 5.49. The summed E-state index contributed by atoms with van der Waals surface area (Å²) in [7, 11) is 0. The maximum atomic E-state index is 12.3. The molecule has 0 atom stereocenters. The first kappa shape index (κ1) is 18.9. The van der Waals surface area contributed by atoms with Crippen LogP contribution in [0, 0.1) is 0 Å². The van der Waals surface area contributed by atoms with Crippen molar-refractivity contribution in [1.29, 1.82) is 0 Å². The zero-order valence-corrected chi connectivity index (χ0v) is 14.6. The van der Waals surface area contributed by atoms with Crippen LogP contribution in [0.3, 0.4) is 0 Å². The Bertz CT molecular complexity index is 703. The maximum Gasteiger partial charge on any atom is 1.00 e. The summed E-state index contributed by atoms with van der Waals surface area (Å²) in [5, 5.41) is 12.3. The molecule has 0 N–H and O–H groups in total. The molecule has 0 unspecified atom stereocenters. The fourth-order valence-electron chi connectivity index (χ4n) is 2.91. The van der Waals surface area contributed by atoms with Crippen LogP contribution >= 0.6 is 0 Å². The van der Waals surface area contributed by atoms with Gasteiger partial charge in [0.2, 0.25) is 0 Å². The van der Waals surface area contributed by atoms with Gasteiger partial charge in [-0.05, 0) is 23.6 Å². The Hall–Kier alpha value is -2.40. The van der Waals surface area contributed by atoms with E-state index in [0.29, 0.717) is 0 Å². The second-order valence-electron chi connectivity index (χ2n) is 5.49. The smallest absolute Gasteiger partial charge is 0.593 e. The normalized spacial score (nSPS) is 11.5.